The van der Waals surface area contributed by atoms with Gasteiger partial charge in [0.05, 0.1) is 22.8 Å². The number of nitrogens with zero attached hydrogens (tertiary/aromatic N) is 2. The van der Waals surface area contributed by atoms with E-state index in [0.717, 1.165) is 40.9 Å². The second-order valence-electron chi connectivity index (χ2n) is 7.62. The van der Waals surface area contributed by atoms with Crippen molar-refractivity contribution in [2.75, 3.05) is 5.75 Å². The van der Waals surface area contributed by atoms with Crippen molar-refractivity contribution in [2.24, 2.45) is 11.7 Å². The molecule has 1 aromatic heterocycles. The number of hydrogen-bond donors (Lipinski definition) is 1. The second kappa shape index (κ2) is 7.48. The van der Waals surface area contributed by atoms with E-state index < -0.39 is 15.7 Å². The van der Waals surface area contributed by atoms with Crippen LogP contribution >= 0.6 is 0 Å². The maximum Gasteiger partial charge on any atom is 0.221 e. The summed E-state index contributed by atoms with van der Waals surface area (Å²) in [5.74, 6) is 0.0987. The number of nitrogens with two attached hydrogens (primary N) is 1. The third-order valence-electron chi connectivity index (χ3n) is 5.21. The molecule has 150 valence electrons. The van der Waals surface area contributed by atoms with Crippen molar-refractivity contribution in [1.29, 1.82) is 0 Å². The Labute approximate surface area is 170 Å². The van der Waals surface area contributed by atoms with E-state index in [1.807, 2.05) is 35.9 Å². The van der Waals surface area contributed by atoms with Gasteiger partial charge in [0.1, 0.15) is 0 Å². The molecule has 1 fully saturated rings. The summed E-state index contributed by atoms with van der Waals surface area (Å²) in [5.41, 5.74) is 9.73. The summed E-state index contributed by atoms with van der Waals surface area (Å²) in [4.78, 5) is 11.9. The van der Waals surface area contributed by atoms with Gasteiger partial charge in [-0.2, -0.15) is 5.10 Å². The zero-order valence-electron chi connectivity index (χ0n) is 16.2. The van der Waals surface area contributed by atoms with Crippen LogP contribution in [0.25, 0.3) is 16.8 Å². The van der Waals surface area contributed by atoms with Crippen LogP contribution in [0.1, 0.15) is 24.1 Å². The van der Waals surface area contributed by atoms with E-state index in [1.54, 1.807) is 30.5 Å². The summed E-state index contributed by atoms with van der Waals surface area (Å²) in [6.45, 7) is 1.96. The Morgan fingerprint density at radius 1 is 1.14 bits per heavy atom. The minimum atomic E-state index is -3.26. The quantitative estimate of drug-likeness (QED) is 0.649. The number of sulfone groups is 1. The predicted molar refractivity (Wildman–Crippen MR) is 111 cm³/mol. The lowest BCUT2D eigenvalue weighted by atomic mass is 9.96. The van der Waals surface area contributed by atoms with Crippen molar-refractivity contribution >= 4 is 15.7 Å². The molecule has 6 nitrogen and oxygen atoms in total. The monoisotopic (exact) mass is 409 g/mol. The van der Waals surface area contributed by atoms with Gasteiger partial charge >= 0.3 is 0 Å². The fourth-order valence-electron chi connectivity index (χ4n) is 3.48. The van der Waals surface area contributed by atoms with Crippen LogP contribution in [0.4, 0.5) is 0 Å². The third kappa shape index (κ3) is 4.24. The van der Waals surface area contributed by atoms with Crippen LogP contribution in [0.3, 0.4) is 0 Å². The molecule has 0 atom stereocenters. The minimum Gasteiger partial charge on any atom is -0.369 e. The van der Waals surface area contributed by atoms with Crippen LogP contribution in [-0.2, 0) is 21.1 Å². The first-order valence-corrected chi connectivity index (χ1v) is 11.2. The summed E-state index contributed by atoms with van der Waals surface area (Å²) in [6.07, 6.45) is 3.82. The van der Waals surface area contributed by atoms with Gasteiger partial charge in [0.25, 0.3) is 0 Å². The lowest BCUT2D eigenvalue weighted by Gasteiger charge is -2.13. The number of primary amides is 1. The molecule has 1 aliphatic carbocycles. The van der Waals surface area contributed by atoms with Crippen LogP contribution in [0.2, 0.25) is 0 Å². The van der Waals surface area contributed by atoms with E-state index in [4.69, 9.17) is 5.73 Å². The van der Waals surface area contributed by atoms with Crippen LogP contribution in [0.15, 0.2) is 59.6 Å². The molecule has 0 unspecified atom stereocenters. The lowest BCUT2D eigenvalue weighted by molar-refractivity contribution is -0.117. The third-order valence-corrected chi connectivity index (χ3v) is 7.11. The molecule has 1 heterocycles. The van der Waals surface area contributed by atoms with Gasteiger partial charge in [-0.3, -0.25) is 4.79 Å². The van der Waals surface area contributed by atoms with E-state index in [9.17, 15) is 13.2 Å². The Kier molecular flexibility index (Phi) is 5.00. The van der Waals surface area contributed by atoms with Gasteiger partial charge in [0.2, 0.25) is 5.91 Å². The molecule has 1 saturated carbocycles. The fraction of sp³-hybridized carbons (Fsp3) is 0.273. The van der Waals surface area contributed by atoms with Gasteiger partial charge in [-0.1, -0.05) is 18.2 Å². The molecule has 2 N–H and O–H groups in total. The normalized spacial score (nSPS) is 14.1. The average molecular weight is 410 g/mol. The molecule has 29 heavy (non-hydrogen) atoms. The SMILES string of the molecule is Cc1ccnn1-c1ccc(CC(N)=O)c(-c2ccc(S(=O)(=O)CC3CC3)cc2)c1. The Morgan fingerprint density at radius 3 is 2.45 bits per heavy atom. The highest BCUT2D eigenvalue weighted by Gasteiger charge is 2.29. The topological polar surface area (TPSA) is 95.1 Å². The Morgan fingerprint density at radius 2 is 1.86 bits per heavy atom. The van der Waals surface area contributed by atoms with E-state index >= 15 is 0 Å². The lowest BCUT2D eigenvalue weighted by Crippen LogP contribution is -2.14. The average Bonchev–Trinajstić information content (AvgIpc) is 3.38. The van der Waals surface area contributed by atoms with Crippen LogP contribution in [0.5, 0.6) is 0 Å². The number of aryl methyl sites for hydroxylation is 1. The van der Waals surface area contributed by atoms with Crippen LogP contribution in [0, 0.1) is 12.8 Å². The molecule has 1 amide bonds. The summed E-state index contributed by atoms with van der Waals surface area (Å²) in [5, 5.41) is 4.34. The van der Waals surface area contributed by atoms with Crippen LogP contribution in [-0.4, -0.2) is 29.9 Å². The molecule has 2 aromatic carbocycles. The first kappa shape index (κ1) is 19.4. The predicted octanol–water partition coefficient (Wildman–Crippen LogP) is 3.06. The Bertz CT molecular complexity index is 1160. The van der Waals surface area contributed by atoms with Crippen molar-refractivity contribution in [2.45, 2.75) is 31.1 Å². The first-order valence-electron chi connectivity index (χ1n) is 9.59. The number of benzene rings is 2. The van der Waals surface area contributed by atoms with Crippen molar-refractivity contribution in [3.63, 3.8) is 0 Å². The van der Waals surface area contributed by atoms with Crippen molar-refractivity contribution in [3.8, 4) is 16.8 Å². The molecule has 0 radical (unpaired) electrons. The maximum absolute atomic E-state index is 12.5. The molecule has 0 aliphatic heterocycles. The molecule has 4 rings (SSSR count). The van der Waals surface area contributed by atoms with Gasteiger partial charge in [0, 0.05) is 11.9 Å². The van der Waals surface area contributed by atoms with E-state index in [2.05, 4.69) is 5.10 Å². The van der Waals surface area contributed by atoms with Gasteiger partial charge < -0.3 is 5.73 Å². The van der Waals surface area contributed by atoms with Gasteiger partial charge in [-0.05, 0) is 72.7 Å². The molecule has 7 heteroatoms. The van der Waals surface area contributed by atoms with Crippen molar-refractivity contribution < 1.29 is 13.2 Å². The van der Waals surface area contributed by atoms with Crippen molar-refractivity contribution in [1.82, 2.24) is 9.78 Å². The highest BCUT2D eigenvalue weighted by Crippen LogP contribution is 2.33. The van der Waals surface area contributed by atoms with Crippen LogP contribution < -0.4 is 5.73 Å². The molecule has 1 aliphatic rings. The highest BCUT2D eigenvalue weighted by atomic mass is 32.2. The largest absolute Gasteiger partial charge is 0.369 e. The number of amides is 1. The molecule has 0 saturated heterocycles. The molecular formula is C22H23N3O3S. The van der Waals surface area contributed by atoms with E-state index in [-0.39, 0.29) is 12.2 Å². The number of carbonyl (C=O) groups excluding carboxylic acids is 1. The molecule has 3 aromatic rings. The van der Waals surface area contributed by atoms with E-state index in [0.29, 0.717) is 10.8 Å². The van der Waals surface area contributed by atoms with Gasteiger partial charge in [0.15, 0.2) is 9.84 Å². The van der Waals surface area contributed by atoms with Gasteiger partial charge in [-0.15, -0.1) is 0 Å². The fourth-order valence-corrected chi connectivity index (χ4v) is 5.18. The minimum absolute atomic E-state index is 0.107. The number of aromatic nitrogens is 2. The molecule has 0 spiro atoms. The smallest absolute Gasteiger partial charge is 0.221 e. The highest BCUT2D eigenvalue weighted by molar-refractivity contribution is 7.91. The molecular weight excluding hydrogens is 386 g/mol. The standard InChI is InChI=1S/C22H23N3O3S/c1-15-10-11-24-25(15)19-7-4-18(12-22(23)26)21(13-19)17-5-8-20(9-6-17)29(27,28)14-16-2-3-16/h4-11,13,16H,2-3,12,14H2,1H3,(H2,23,26). The number of hydrogen-bond acceptors (Lipinski definition) is 4. The second-order valence-corrected chi connectivity index (χ2v) is 9.65. The Balaban J connectivity index is 1.73. The first-order chi connectivity index (χ1) is 13.8. The zero-order valence-corrected chi connectivity index (χ0v) is 17.0. The summed E-state index contributed by atoms with van der Waals surface area (Å²) in [7, 11) is -3.26. The van der Waals surface area contributed by atoms with Crippen molar-refractivity contribution in [3.05, 3.63) is 66.0 Å². The Hall–Kier alpha value is -2.93. The number of carbonyl (C=O) groups is 1. The van der Waals surface area contributed by atoms with E-state index in [1.165, 1.54) is 0 Å². The molecule has 0 bridgehead atoms. The summed E-state index contributed by atoms with van der Waals surface area (Å²) < 4.78 is 26.8. The number of rotatable bonds is 7. The summed E-state index contributed by atoms with van der Waals surface area (Å²) >= 11 is 0. The van der Waals surface area contributed by atoms with Gasteiger partial charge in [-0.25, -0.2) is 13.1 Å². The zero-order chi connectivity index (χ0) is 20.6. The summed E-state index contributed by atoms with van der Waals surface area (Å²) in [6, 6.07) is 14.5. The maximum atomic E-state index is 12.5.